The molecule has 2 aromatic carbocycles. The number of guanidine groups is 1. The molecule has 2 aromatic rings. The van der Waals surface area contributed by atoms with Gasteiger partial charge in [0.25, 0.3) is 0 Å². The second-order valence-corrected chi connectivity index (χ2v) is 7.10. The highest BCUT2D eigenvalue weighted by atomic mass is 127. The summed E-state index contributed by atoms with van der Waals surface area (Å²) in [5.41, 5.74) is 0.699. The van der Waals surface area contributed by atoms with Crippen molar-refractivity contribution in [2.24, 2.45) is 10.4 Å². The van der Waals surface area contributed by atoms with Crippen molar-refractivity contribution < 1.29 is 4.79 Å². The van der Waals surface area contributed by atoms with Gasteiger partial charge >= 0.3 is 0 Å². The van der Waals surface area contributed by atoms with Crippen molar-refractivity contribution >= 4 is 46.6 Å². The molecular weight excluding hydrogens is 451 g/mol. The predicted molar refractivity (Wildman–Crippen MR) is 125 cm³/mol. The minimum absolute atomic E-state index is 0. The van der Waals surface area contributed by atoms with Gasteiger partial charge in [0.1, 0.15) is 0 Å². The first-order valence-electron chi connectivity index (χ1n) is 9.12. The predicted octanol–water partition coefficient (Wildman–Crippen LogP) is 3.85. The first-order chi connectivity index (χ1) is 12.4. The van der Waals surface area contributed by atoms with Gasteiger partial charge in [-0.15, -0.1) is 24.0 Å². The summed E-state index contributed by atoms with van der Waals surface area (Å²) in [6.45, 7) is 9.02. The van der Waals surface area contributed by atoms with E-state index in [0.717, 1.165) is 0 Å². The number of hydrogen-bond donors (Lipinski definition) is 3. The van der Waals surface area contributed by atoms with E-state index < -0.39 is 5.41 Å². The molecular formula is C21H31IN4O. The molecule has 0 saturated carbocycles. The Bertz CT molecular complexity index is 783. The zero-order chi connectivity index (χ0) is 19.2. The highest BCUT2D eigenvalue weighted by Crippen LogP contribution is 2.24. The summed E-state index contributed by atoms with van der Waals surface area (Å²) in [5.74, 6) is 0.716. The van der Waals surface area contributed by atoms with Crippen LogP contribution in [0.4, 0.5) is 0 Å². The Morgan fingerprint density at radius 2 is 1.78 bits per heavy atom. The Labute approximate surface area is 179 Å². The van der Waals surface area contributed by atoms with Crippen LogP contribution in [0.25, 0.3) is 10.8 Å². The number of fused-ring (bicyclic) bond motifs is 1. The number of carbonyl (C=O) groups excluding carboxylic acids is 1. The maximum Gasteiger partial charge on any atom is 0.227 e. The van der Waals surface area contributed by atoms with Gasteiger partial charge in [0.05, 0.1) is 11.5 Å². The Morgan fingerprint density at radius 1 is 1.11 bits per heavy atom. The van der Waals surface area contributed by atoms with Crippen LogP contribution in [0.2, 0.25) is 0 Å². The SMILES string of the molecule is CCNC(=O)C(C)(C)CNC(=NC)NC(C)c1cccc2ccccc12.I. The second kappa shape index (κ2) is 10.5. The summed E-state index contributed by atoms with van der Waals surface area (Å²) in [6, 6.07) is 14.8. The zero-order valence-corrected chi connectivity index (χ0v) is 19.1. The van der Waals surface area contributed by atoms with Crippen LogP contribution in [0.5, 0.6) is 0 Å². The second-order valence-electron chi connectivity index (χ2n) is 7.10. The molecule has 3 N–H and O–H groups in total. The Hall–Kier alpha value is -1.83. The Morgan fingerprint density at radius 3 is 2.44 bits per heavy atom. The van der Waals surface area contributed by atoms with E-state index in [0.29, 0.717) is 19.0 Å². The van der Waals surface area contributed by atoms with E-state index in [-0.39, 0.29) is 35.9 Å². The molecule has 27 heavy (non-hydrogen) atoms. The summed E-state index contributed by atoms with van der Waals surface area (Å²) in [7, 11) is 1.74. The van der Waals surface area contributed by atoms with Gasteiger partial charge < -0.3 is 16.0 Å². The van der Waals surface area contributed by atoms with Gasteiger partial charge in [-0.2, -0.15) is 0 Å². The number of carbonyl (C=O) groups is 1. The van der Waals surface area contributed by atoms with Crippen molar-refractivity contribution in [3.63, 3.8) is 0 Å². The van der Waals surface area contributed by atoms with Crippen molar-refractivity contribution in [2.45, 2.75) is 33.7 Å². The number of aliphatic imine (C=N–C) groups is 1. The molecule has 0 aromatic heterocycles. The Kier molecular flexibility index (Phi) is 9.02. The normalized spacial score (nSPS) is 12.9. The van der Waals surface area contributed by atoms with Crippen LogP contribution < -0.4 is 16.0 Å². The minimum atomic E-state index is -0.518. The van der Waals surface area contributed by atoms with Crippen molar-refractivity contribution in [3.05, 3.63) is 48.0 Å². The molecule has 0 aliphatic rings. The summed E-state index contributed by atoms with van der Waals surface area (Å²) in [5, 5.41) is 12.0. The number of halogens is 1. The fourth-order valence-corrected chi connectivity index (χ4v) is 2.89. The Balaban J connectivity index is 0.00000364. The molecule has 0 spiro atoms. The molecule has 148 valence electrons. The first-order valence-corrected chi connectivity index (χ1v) is 9.12. The van der Waals surface area contributed by atoms with Crippen LogP contribution in [0, 0.1) is 5.41 Å². The van der Waals surface area contributed by atoms with E-state index in [1.807, 2.05) is 26.8 Å². The number of rotatable bonds is 6. The molecule has 0 fully saturated rings. The van der Waals surface area contributed by atoms with E-state index in [4.69, 9.17) is 0 Å². The number of hydrogen-bond acceptors (Lipinski definition) is 2. The lowest BCUT2D eigenvalue weighted by molar-refractivity contribution is -0.128. The van der Waals surface area contributed by atoms with Crippen LogP contribution in [0.1, 0.15) is 39.3 Å². The molecule has 1 unspecified atom stereocenters. The van der Waals surface area contributed by atoms with Gasteiger partial charge in [-0.3, -0.25) is 9.79 Å². The van der Waals surface area contributed by atoms with Crippen LogP contribution in [-0.2, 0) is 4.79 Å². The number of nitrogens with one attached hydrogen (secondary N) is 3. The van der Waals surface area contributed by atoms with Crippen molar-refractivity contribution in [1.82, 2.24) is 16.0 Å². The summed E-state index contributed by atoms with van der Waals surface area (Å²) in [4.78, 5) is 16.4. The maximum atomic E-state index is 12.1. The molecule has 0 aliphatic heterocycles. The van der Waals surface area contributed by atoms with Gasteiger partial charge in [-0.1, -0.05) is 42.5 Å². The van der Waals surface area contributed by atoms with Gasteiger partial charge in [-0.05, 0) is 44.0 Å². The summed E-state index contributed by atoms with van der Waals surface area (Å²) in [6.07, 6.45) is 0. The highest BCUT2D eigenvalue weighted by molar-refractivity contribution is 14.0. The minimum Gasteiger partial charge on any atom is -0.356 e. The lowest BCUT2D eigenvalue weighted by Crippen LogP contribution is -2.48. The highest BCUT2D eigenvalue weighted by Gasteiger charge is 2.27. The van der Waals surface area contributed by atoms with Crippen LogP contribution in [0.3, 0.4) is 0 Å². The van der Waals surface area contributed by atoms with Gasteiger partial charge in [0.15, 0.2) is 5.96 Å². The first kappa shape index (κ1) is 23.2. The zero-order valence-electron chi connectivity index (χ0n) is 16.8. The molecule has 0 heterocycles. The third-order valence-electron chi connectivity index (χ3n) is 4.52. The van der Waals surface area contributed by atoms with E-state index in [1.165, 1.54) is 16.3 Å². The van der Waals surface area contributed by atoms with Crippen molar-refractivity contribution in [1.29, 1.82) is 0 Å². The van der Waals surface area contributed by atoms with E-state index in [9.17, 15) is 4.79 Å². The molecule has 0 aliphatic carbocycles. The monoisotopic (exact) mass is 482 g/mol. The molecule has 0 bridgehead atoms. The van der Waals surface area contributed by atoms with Crippen LogP contribution >= 0.6 is 24.0 Å². The quantitative estimate of drug-likeness (QED) is 0.333. The maximum absolute atomic E-state index is 12.1. The molecule has 5 nitrogen and oxygen atoms in total. The largest absolute Gasteiger partial charge is 0.356 e. The van der Waals surface area contributed by atoms with Crippen LogP contribution in [-0.4, -0.2) is 32.0 Å². The number of nitrogens with zero attached hydrogens (tertiary/aromatic N) is 1. The molecule has 2 rings (SSSR count). The van der Waals surface area contributed by atoms with Crippen molar-refractivity contribution in [3.8, 4) is 0 Å². The number of benzene rings is 2. The fraction of sp³-hybridized carbons (Fsp3) is 0.429. The van der Waals surface area contributed by atoms with Crippen molar-refractivity contribution in [2.75, 3.05) is 20.1 Å². The summed E-state index contributed by atoms with van der Waals surface area (Å²) >= 11 is 0. The molecule has 0 saturated heterocycles. The van der Waals surface area contributed by atoms with Gasteiger partial charge in [-0.25, -0.2) is 0 Å². The van der Waals surface area contributed by atoms with Gasteiger partial charge in [0, 0.05) is 20.1 Å². The lowest BCUT2D eigenvalue weighted by atomic mass is 9.92. The van der Waals surface area contributed by atoms with E-state index in [1.54, 1.807) is 7.05 Å². The number of amides is 1. The standard InChI is InChI=1S/C21H30N4O.HI/c1-6-23-19(26)21(3,4)14-24-20(22-5)25-15(2)17-13-9-11-16-10-7-8-12-18(16)17;/h7-13,15H,6,14H2,1-5H3,(H,23,26)(H2,22,24,25);1H. The summed E-state index contributed by atoms with van der Waals surface area (Å²) < 4.78 is 0. The van der Waals surface area contributed by atoms with Gasteiger partial charge in [0.2, 0.25) is 5.91 Å². The third kappa shape index (κ3) is 6.09. The molecule has 1 atom stereocenters. The molecule has 0 radical (unpaired) electrons. The lowest BCUT2D eigenvalue weighted by Gasteiger charge is -2.26. The third-order valence-corrected chi connectivity index (χ3v) is 4.52. The fourth-order valence-electron chi connectivity index (χ4n) is 2.89. The smallest absolute Gasteiger partial charge is 0.227 e. The van der Waals surface area contributed by atoms with E-state index in [2.05, 4.69) is 64.3 Å². The molecule has 6 heteroatoms. The topological polar surface area (TPSA) is 65.5 Å². The molecule has 1 amide bonds. The average molecular weight is 482 g/mol. The average Bonchev–Trinajstić information content (AvgIpc) is 2.64. The van der Waals surface area contributed by atoms with E-state index >= 15 is 0 Å². The van der Waals surface area contributed by atoms with Crippen LogP contribution in [0.15, 0.2) is 47.5 Å².